The van der Waals surface area contributed by atoms with Crippen molar-refractivity contribution in [2.24, 2.45) is 5.92 Å². The van der Waals surface area contributed by atoms with Crippen molar-refractivity contribution in [3.63, 3.8) is 0 Å². The van der Waals surface area contributed by atoms with E-state index in [1.165, 1.54) is 0 Å². The van der Waals surface area contributed by atoms with Crippen LogP contribution in [0.15, 0.2) is 30.5 Å². The van der Waals surface area contributed by atoms with Crippen molar-refractivity contribution in [3.8, 4) is 5.69 Å². The van der Waals surface area contributed by atoms with Crippen LogP contribution < -0.4 is 0 Å². The summed E-state index contributed by atoms with van der Waals surface area (Å²) < 4.78 is 1.59. The third-order valence-electron chi connectivity index (χ3n) is 4.34. The fourth-order valence-electron chi connectivity index (χ4n) is 2.73. The molecule has 0 bridgehead atoms. The van der Waals surface area contributed by atoms with Crippen LogP contribution in [0.5, 0.6) is 0 Å². The standard InChI is InChI=1S/C18H20ClN3O3/c1-11-10-22(15-6-4-3-5-14(15)19)20-16(11)17(23)21(13-7-8-13)9-12(2)18(24)25/h3-6,10,12-13H,7-9H2,1-2H3,(H,24,25). The molecule has 1 atom stereocenters. The first-order valence-electron chi connectivity index (χ1n) is 8.23. The van der Waals surface area contributed by atoms with Crippen molar-refractivity contribution in [1.29, 1.82) is 0 Å². The topological polar surface area (TPSA) is 75.4 Å². The molecule has 6 nitrogen and oxygen atoms in total. The smallest absolute Gasteiger partial charge is 0.308 e. The largest absolute Gasteiger partial charge is 0.481 e. The van der Waals surface area contributed by atoms with Crippen LogP contribution in [0.1, 0.15) is 35.8 Å². The SMILES string of the molecule is Cc1cn(-c2ccccc2Cl)nc1C(=O)N(CC(C)C(=O)O)C1CC1. The maximum absolute atomic E-state index is 13.0. The normalized spacial score (nSPS) is 15.0. The molecule has 1 amide bonds. The molecule has 1 saturated carbocycles. The number of aliphatic carboxylic acids is 1. The number of para-hydroxylation sites is 1. The Hall–Kier alpha value is -2.34. The van der Waals surface area contributed by atoms with Crippen LogP contribution in [0.2, 0.25) is 5.02 Å². The van der Waals surface area contributed by atoms with Crippen LogP contribution in [-0.2, 0) is 4.79 Å². The summed E-state index contributed by atoms with van der Waals surface area (Å²) in [5.74, 6) is -1.74. The van der Waals surface area contributed by atoms with Gasteiger partial charge in [-0.05, 0) is 31.9 Å². The summed E-state index contributed by atoms with van der Waals surface area (Å²) in [5, 5.41) is 14.1. The molecule has 1 unspecified atom stereocenters. The third kappa shape index (κ3) is 3.69. The first kappa shape index (κ1) is 17.5. The quantitative estimate of drug-likeness (QED) is 0.857. The second-order valence-corrected chi connectivity index (χ2v) is 6.89. The number of carboxylic acids is 1. The summed E-state index contributed by atoms with van der Waals surface area (Å²) in [6.45, 7) is 3.62. The molecule has 0 radical (unpaired) electrons. The van der Waals surface area contributed by atoms with Crippen molar-refractivity contribution in [2.75, 3.05) is 6.54 Å². The van der Waals surface area contributed by atoms with Gasteiger partial charge in [0.05, 0.1) is 16.6 Å². The van der Waals surface area contributed by atoms with E-state index in [2.05, 4.69) is 5.10 Å². The van der Waals surface area contributed by atoms with Crippen LogP contribution in [0.3, 0.4) is 0 Å². The van der Waals surface area contributed by atoms with Crippen molar-refractivity contribution >= 4 is 23.5 Å². The molecule has 7 heteroatoms. The number of aromatic nitrogens is 2. The minimum Gasteiger partial charge on any atom is -0.481 e. The lowest BCUT2D eigenvalue weighted by molar-refractivity contribution is -0.141. The zero-order chi connectivity index (χ0) is 18.1. The number of benzene rings is 1. The first-order valence-corrected chi connectivity index (χ1v) is 8.61. The van der Waals surface area contributed by atoms with Gasteiger partial charge in [-0.2, -0.15) is 5.10 Å². The minimum atomic E-state index is -0.906. The number of carbonyl (C=O) groups excluding carboxylic acids is 1. The Balaban J connectivity index is 1.89. The molecule has 132 valence electrons. The van der Waals surface area contributed by atoms with Gasteiger partial charge in [0.25, 0.3) is 5.91 Å². The molecule has 25 heavy (non-hydrogen) atoms. The molecule has 0 spiro atoms. The number of rotatable bonds is 6. The average Bonchev–Trinajstić information content (AvgIpc) is 3.34. The van der Waals surface area contributed by atoms with Crippen molar-refractivity contribution in [2.45, 2.75) is 32.7 Å². The summed E-state index contributed by atoms with van der Waals surface area (Å²) in [6.07, 6.45) is 3.57. The molecule has 1 aromatic heterocycles. The molecular weight excluding hydrogens is 342 g/mol. The van der Waals surface area contributed by atoms with Gasteiger partial charge in [0, 0.05) is 24.3 Å². The van der Waals surface area contributed by atoms with Crippen LogP contribution in [0.4, 0.5) is 0 Å². The second kappa shape index (κ2) is 6.88. The number of nitrogens with zero attached hydrogens (tertiary/aromatic N) is 3. The number of carbonyl (C=O) groups is 2. The van der Waals surface area contributed by atoms with E-state index < -0.39 is 11.9 Å². The summed E-state index contributed by atoms with van der Waals surface area (Å²) in [7, 11) is 0. The maximum Gasteiger partial charge on any atom is 0.308 e. The highest BCUT2D eigenvalue weighted by Gasteiger charge is 2.36. The van der Waals surface area contributed by atoms with Gasteiger partial charge in [-0.25, -0.2) is 4.68 Å². The van der Waals surface area contributed by atoms with Gasteiger partial charge in [0.15, 0.2) is 5.69 Å². The van der Waals surface area contributed by atoms with Gasteiger partial charge in [0.2, 0.25) is 0 Å². The predicted molar refractivity (Wildman–Crippen MR) is 94.2 cm³/mol. The Bertz CT molecular complexity index is 814. The van der Waals surface area contributed by atoms with Crippen LogP contribution in [0, 0.1) is 12.8 Å². The van der Waals surface area contributed by atoms with E-state index in [4.69, 9.17) is 16.7 Å². The molecule has 0 saturated heterocycles. The molecule has 1 aliphatic rings. The monoisotopic (exact) mass is 361 g/mol. The van der Waals surface area contributed by atoms with E-state index in [0.29, 0.717) is 16.4 Å². The summed E-state index contributed by atoms with van der Waals surface area (Å²) >= 11 is 6.21. The summed E-state index contributed by atoms with van der Waals surface area (Å²) in [6, 6.07) is 7.38. The number of hydrogen-bond acceptors (Lipinski definition) is 3. The van der Waals surface area contributed by atoms with E-state index in [-0.39, 0.29) is 18.5 Å². The number of aryl methyl sites for hydroxylation is 1. The molecule has 1 N–H and O–H groups in total. The zero-order valence-electron chi connectivity index (χ0n) is 14.1. The van der Waals surface area contributed by atoms with E-state index in [0.717, 1.165) is 18.4 Å². The Morgan fingerprint density at radius 2 is 2.08 bits per heavy atom. The molecule has 1 aromatic carbocycles. The lowest BCUT2D eigenvalue weighted by Crippen LogP contribution is -2.39. The molecule has 1 aliphatic carbocycles. The van der Waals surface area contributed by atoms with Gasteiger partial charge in [-0.3, -0.25) is 9.59 Å². The molecule has 2 aromatic rings. The Morgan fingerprint density at radius 1 is 1.40 bits per heavy atom. The van der Waals surface area contributed by atoms with Crippen molar-refractivity contribution < 1.29 is 14.7 Å². The minimum absolute atomic E-state index is 0.110. The number of halogens is 1. The van der Waals surface area contributed by atoms with E-state index in [1.807, 2.05) is 25.1 Å². The molecule has 0 aliphatic heterocycles. The Labute approximate surface area is 151 Å². The average molecular weight is 362 g/mol. The van der Waals surface area contributed by atoms with E-state index in [9.17, 15) is 9.59 Å². The molecule has 1 fully saturated rings. The summed E-state index contributed by atoms with van der Waals surface area (Å²) in [4.78, 5) is 25.8. The van der Waals surface area contributed by atoms with Gasteiger partial charge >= 0.3 is 5.97 Å². The highest BCUT2D eigenvalue weighted by molar-refractivity contribution is 6.32. The van der Waals surface area contributed by atoms with Gasteiger partial charge in [-0.1, -0.05) is 30.7 Å². The van der Waals surface area contributed by atoms with Gasteiger partial charge in [0.1, 0.15) is 0 Å². The van der Waals surface area contributed by atoms with Crippen LogP contribution in [-0.4, -0.2) is 44.3 Å². The van der Waals surface area contributed by atoms with Gasteiger partial charge < -0.3 is 10.0 Å². The fraction of sp³-hybridized carbons (Fsp3) is 0.389. The number of amides is 1. The highest BCUT2D eigenvalue weighted by Crippen LogP contribution is 2.30. The molecular formula is C18H20ClN3O3. The Kier molecular flexibility index (Phi) is 4.81. The lowest BCUT2D eigenvalue weighted by Gasteiger charge is -2.23. The van der Waals surface area contributed by atoms with Crippen molar-refractivity contribution in [3.05, 3.63) is 46.7 Å². The third-order valence-corrected chi connectivity index (χ3v) is 4.66. The first-order chi connectivity index (χ1) is 11.9. The summed E-state index contributed by atoms with van der Waals surface area (Å²) in [5.41, 5.74) is 1.77. The number of hydrogen-bond donors (Lipinski definition) is 1. The highest BCUT2D eigenvalue weighted by atomic mass is 35.5. The fourth-order valence-corrected chi connectivity index (χ4v) is 2.95. The molecule has 3 rings (SSSR count). The zero-order valence-corrected chi connectivity index (χ0v) is 14.9. The van der Waals surface area contributed by atoms with Crippen LogP contribution in [0.25, 0.3) is 5.69 Å². The second-order valence-electron chi connectivity index (χ2n) is 6.48. The molecule has 1 heterocycles. The predicted octanol–water partition coefficient (Wildman–Crippen LogP) is 3.16. The maximum atomic E-state index is 13.0. The van der Waals surface area contributed by atoms with E-state index in [1.54, 1.807) is 28.8 Å². The van der Waals surface area contributed by atoms with Gasteiger partial charge in [-0.15, -0.1) is 0 Å². The van der Waals surface area contributed by atoms with Crippen LogP contribution >= 0.6 is 11.6 Å². The lowest BCUT2D eigenvalue weighted by atomic mass is 10.1. The van der Waals surface area contributed by atoms with E-state index >= 15 is 0 Å². The van der Waals surface area contributed by atoms with Crippen molar-refractivity contribution in [1.82, 2.24) is 14.7 Å². The Morgan fingerprint density at radius 3 is 2.68 bits per heavy atom. The number of carboxylic acid groups (broad SMARTS) is 1.